The quantitative estimate of drug-likeness (QED) is 0.876. The molecule has 4 nitrogen and oxygen atoms in total. The fourth-order valence-electron chi connectivity index (χ4n) is 1.79. The minimum atomic E-state index is -1.02. The number of carboxylic acid groups (broad SMARTS) is 1. The van der Waals surface area contributed by atoms with Gasteiger partial charge < -0.3 is 14.6 Å². The van der Waals surface area contributed by atoms with Gasteiger partial charge in [-0.1, -0.05) is 30.3 Å². The largest absolute Gasteiger partial charge is 0.494 e. The van der Waals surface area contributed by atoms with E-state index in [-0.39, 0.29) is 5.56 Å². The molecule has 0 aliphatic carbocycles. The first-order valence-electron chi connectivity index (χ1n) is 6.37. The molecule has 0 heterocycles. The summed E-state index contributed by atoms with van der Waals surface area (Å²) in [5, 5.41) is 9.16. The molecule has 0 atom stereocenters. The van der Waals surface area contributed by atoms with E-state index >= 15 is 0 Å². The van der Waals surface area contributed by atoms with Crippen LogP contribution in [0.15, 0.2) is 48.5 Å². The molecular weight excluding hydrogens is 256 g/mol. The Kier molecular flexibility index (Phi) is 4.60. The average Bonchev–Trinajstić information content (AvgIpc) is 2.46. The monoisotopic (exact) mass is 272 g/mol. The molecule has 0 spiro atoms. The van der Waals surface area contributed by atoms with Crippen LogP contribution in [0.4, 0.5) is 0 Å². The zero-order valence-corrected chi connectivity index (χ0v) is 11.2. The number of aromatic carboxylic acids is 1. The van der Waals surface area contributed by atoms with Crippen molar-refractivity contribution in [2.45, 2.75) is 13.5 Å². The molecule has 0 radical (unpaired) electrons. The Morgan fingerprint density at radius 3 is 2.50 bits per heavy atom. The highest BCUT2D eigenvalue weighted by molar-refractivity contribution is 5.91. The summed E-state index contributed by atoms with van der Waals surface area (Å²) in [6, 6.07) is 14.3. The lowest BCUT2D eigenvalue weighted by Gasteiger charge is -2.11. The van der Waals surface area contributed by atoms with Crippen LogP contribution in [0, 0.1) is 0 Å². The number of carbonyl (C=O) groups is 1. The third-order valence-electron chi connectivity index (χ3n) is 2.73. The number of benzene rings is 2. The summed E-state index contributed by atoms with van der Waals surface area (Å²) in [5.41, 5.74) is 1.11. The van der Waals surface area contributed by atoms with Crippen LogP contribution in [0.2, 0.25) is 0 Å². The first-order valence-corrected chi connectivity index (χ1v) is 6.37. The van der Waals surface area contributed by atoms with Crippen LogP contribution in [0.25, 0.3) is 0 Å². The highest BCUT2D eigenvalue weighted by Gasteiger charge is 2.12. The van der Waals surface area contributed by atoms with Gasteiger partial charge in [0.2, 0.25) is 0 Å². The number of ether oxygens (including phenoxy) is 2. The van der Waals surface area contributed by atoms with Gasteiger partial charge in [0, 0.05) is 6.07 Å². The maximum absolute atomic E-state index is 11.2. The number of hydrogen-bond acceptors (Lipinski definition) is 3. The van der Waals surface area contributed by atoms with Gasteiger partial charge in [-0.3, -0.25) is 0 Å². The second kappa shape index (κ2) is 6.61. The Balaban J connectivity index is 2.19. The molecule has 2 aromatic rings. The van der Waals surface area contributed by atoms with E-state index in [2.05, 4.69) is 0 Å². The summed E-state index contributed by atoms with van der Waals surface area (Å²) in [6.07, 6.45) is 0. The standard InChI is InChI=1S/C16H16O4/c1-2-19-13-8-9-14(16(17)18)15(10-13)20-11-12-6-4-3-5-7-12/h3-10H,2,11H2,1H3,(H,17,18). The van der Waals surface area contributed by atoms with E-state index in [4.69, 9.17) is 14.6 Å². The lowest BCUT2D eigenvalue weighted by Crippen LogP contribution is -2.04. The van der Waals surface area contributed by atoms with Crippen LogP contribution in [-0.2, 0) is 6.61 Å². The molecule has 0 saturated heterocycles. The van der Waals surface area contributed by atoms with Crippen molar-refractivity contribution in [1.82, 2.24) is 0 Å². The molecule has 0 aliphatic rings. The average molecular weight is 272 g/mol. The third kappa shape index (κ3) is 3.51. The van der Waals surface area contributed by atoms with E-state index in [0.29, 0.717) is 24.7 Å². The fraction of sp³-hybridized carbons (Fsp3) is 0.188. The van der Waals surface area contributed by atoms with Gasteiger partial charge in [-0.15, -0.1) is 0 Å². The molecule has 0 amide bonds. The van der Waals surface area contributed by atoms with Crippen LogP contribution in [-0.4, -0.2) is 17.7 Å². The topological polar surface area (TPSA) is 55.8 Å². The highest BCUT2D eigenvalue weighted by atomic mass is 16.5. The summed E-state index contributed by atoms with van der Waals surface area (Å²) in [6.45, 7) is 2.71. The van der Waals surface area contributed by atoms with E-state index in [0.717, 1.165) is 5.56 Å². The van der Waals surface area contributed by atoms with Crippen LogP contribution < -0.4 is 9.47 Å². The molecular formula is C16H16O4. The maximum atomic E-state index is 11.2. The first-order chi connectivity index (χ1) is 9.70. The van der Waals surface area contributed by atoms with Gasteiger partial charge in [-0.05, 0) is 24.6 Å². The molecule has 1 N–H and O–H groups in total. The predicted octanol–water partition coefficient (Wildman–Crippen LogP) is 3.36. The van der Waals surface area contributed by atoms with Crippen molar-refractivity contribution in [3.63, 3.8) is 0 Å². The third-order valence-corrected chi connectivity index (χ3v) is 2.73. The summed E-state index contributed by atoms with van der Waals surface area (Å²) >= 11 is 0. The van der Waals surface area contributed by atoms with Gasteiger partial charge >= 0.3 is 5.97 Å². The minimum absolute atomic E-state index is 0.129. The Bertz CT molecular complexity index is 578. The van der Waals surface area contributed by atoms with Gasteiger partial charge in [0.15, 0.2) is 0 Å². The summed E-state index contributed by atoms with van der Waals surface area (Å²) < 4.78 is 11.0. The molecule has 0 fully saturated rings. The SMILES string of the molecule is CCOc1ccc(C(=O)O)c(OCc2ccccc2)c1. The molecule has 0 bridgehead atoms. The number of rotatable bonds is 6. The lowest BCUT2D eigenvalue weighted by atomic mass is 10.2. The van der Waals surface area contributed by atoms with Crippen molar-refractivity contribution in [1.29, 1.82) is 0 Å². The van der Waals surface area contributed by atoms with E-state index in [1.165, 1.54) is 6.07 Å². The van der Waals surface area contributed by atoms with Gasteiger partial charge in [0.1, 0.15) is 23.7 Å². The van der Waals surface area contributed by atoms with Gasteiger partial charge in [-0.25, -0.2) is 4.79 Å². The summed E-state index contributed by atoms with van der Waals surface area (Å²) in [4.78, 5) is 11.2. The van der Waals surface area contributed by atoms with Crippen LogP contribution in [0.1, 0.15) is 22.8 Å². The molecule has 4 heteroatoms. The van der Waals surface area contributed by atoms with E-state index in [1.54, 1.807) is 12.1 Å². The highest BCUT2D eigenvalue weighted by Crippen LogP contribution is 2.26. The molecule has 104 valence electrons. The van der Waals surface area contributed by atoms with Crippen molar-refractivity contribution in [3.05, 3.63) is 59.7 Å². The van der Waals surface area contributed by atoms with Crippen molar-refractivity contribution < 1.29 is 19.4 Å². The van der Waals surface area contributed by atoms with Crippen molar-refractivity contribution >= 4 is 5.97 Å². The minimum Gasteiger partial charge on any atom is -0.494 e. The molecule has 2 rings (SSSR count). The van der Waals surface area contributed by atoms with Crippen LogP contribution in [0.3, 0.4) is 0 Å². The Morgan fingerprint density at radius 1 is 1.10 bits per heavy atom. The van der Waals surface area contributed by atoms with Crippen molar-refractivity contribution in [3.8, 4) is 11.5 Å². The van der Waals surface area contributed by atoms with Gasteiger partial charge in [-0.2, -0.15) is 0 Å². The smallest absolute Gasteiger partial charge is 0.339 e. The second-order valence-electron chi connectivity index (χ2n) is 4.17. The Hall–Kier alpha value is -2.49. The Morgan fingerprint density at radius 2 is 1.85 bits per heavy atom. The molecule has 0 saturated carbocycles. The number of hydrogen-bond donors (Lipinski definition) is 1. The first kappa shape index (κ1) is 13.9. The normalized spacial score (nSPS) is 10.1. The van der Waals surface area contributed by atoms with E-state index < -0.39 is 5.97 Å². The van der Waals surface area contributed by atoms with E-state index in [9.17, 15) is 4.79 Å². The molecule has 0 unspecified atom stereocenters. The van der Waals surface area contributed by atoms with Crippen LogP contribution >= 0.6 is 0 Å². The second-order valence-corrected chi connectivity index (χ2v) is 4.17. The molecule has 2 aromatic carbocycles. The van der Waals surface area contributed by atoms with Gasteiger partial charge in [0.05, 0.1) is 6.61 Å². The lowest BCUT2D eigenvalue weighted by molar-refractivity contribution is 0.0691. The summed E-state index contributed by atoms with van der Waals surface area (Å²) in [5.74, 6) is -0.107. The predicted molar refractivity (Wildman–Crippen MR) is 75.3 cm³/mol. The Labute approximate surface area is 117 Å². The van der Waals surface area contributed by atoms with Crippen molar-refractivity contribution in [2.75, 3.05) is 6.61 Å². The molecule has 0 aromatic heterocycles. The molecule has 0 aliphatic heterocycles. The summed E-state index contributed by atoms with van der Waals surface area (Å²) in [7, 11) is 0. The van der Waals surface area contributed by atoms with E-state index in [1.807, 2.05) is 37.3 Å². The number of carboxylic acids is 1. The van der Waals surface area contributed by atoms with Gasteiger partial charge in [0.25, 0.3) is 0 Å². The fourth-order valence-corrected chi connectivity index (χ4v) is 1.79. The maximum Gasteiger partial charge on any atom is 0.339 e. The van der Waals surface area contributed by atoms with Crippen molar-refractivity contribution in [2.24, 2.45) is 0 Å². The zero-order valence-electron chi connectivity index (χ0n) is 11.2. The van der Waals surface area contributed by atoms with Crippen LogP contribution in [0.5, 0.6) is 11.5 Å². The zero-order chi connectivity index (χ0) is 14.4. The molecule has 20 heavy (non-hydrogen) atoms.